The van der Waals surface area contributed by atoms with Crippen molar-refractivity contribution in [3.05, 3.63) is 76.1 Å². The normalized spacial score (nSPS) is 11.6. The van der Waals surface area contributed by atoms with Crippen molar-refractivity contribution in [2.45, 2.75) is 13.0 Å². The van der Waals surface area contributed by atoms with E-state index < -0.39 is 29.5 Å². The summed E-state index contributed by atoms with van der Waals surface area (Å²) in [5.74, 6) is -2.16. The summed E-state index contributed by atoms with van der Waals surface area (Å²) in [4.78, 5) is 47.5. The van der Waals surface area contributed by atoms with Crippen LogP contribution in [0.5, 0.6) is 0 Å². The van der Waals surface area contributed by atoms with E-state index in [4.69, 9.17) is 14.9 Å². The maximum atomic E-state index is 12.3. The Labute approximate surface area is 158 Å². The van der Waals surface area contributed by atoms with Crippen molar-refractivity contribution < 1.29 is 23.5 Å². The molecule has 0 aliphatic rings. The van der Waals surface area contributed by atoms with Crippen LogP contribution in [0, 0.1) is 0 Å². The van der Waals surface area contributed by atoms with Crippen LogP contribution >= 0.6 is 0 Å². The third kappa shape index (κ3) is 4.07. The fraction of sp³-hybridized carbons (Fsp3) is 0.100. The Hall–Kier alpha value is -3.94. The standard InChI is InChI=1S/C20H16N2O6/c1-11(18(24)22-14-8-6-12(7-9-14)17(21)23)27-19(25)15-10-13-4-2-3-5-16(13)28-20(15)26/h2-11H,1H3,(H2,21,23)(H,22,24)/t11-/m1/s1. The fourth-order valence-corrected chi connectivity index (χ4v) is 2.44. The summed E-state index contributed by atoms with van der Waals surface area (Å²) in [6, 6.07) is 14.0. The molecule has 3 aromatic rings. The SMILES string of the molecule is C[C@@H](OC(=O)c1cc2ccccc2oc1=O)C(=O)Nc1ccc(C(N)=O)cc1. The smallest absolute Gasteiger partial charge is 0.351 e. The summed E-state index contributed by atoms with van der Waals surface area (Å²) in [6.07, 6.45) is -1.17. The molecule has 28 heavy (non-hydrogen) atoms. The van der Waals surface area contributed by atoms with E-state index in [1.807, 2.05) is 0 Å². The first-order valence-electron chi connectivity index (χ1n) is 8.30. The van der Waals surface area contributed by atoms with Crippen LogP contribution < -0.4 is 16.7 Å². The Kier molecular flexibility index (Phi) is 5.21. The van der Waals surface area contributed by atoms with Crippen LogP contribution in [0.4, 0.5) is 5.69 Å². The van der Waals surface area contributed by atoms with Gasteiger partial charge in [0.05, 0.1) is 0 Å². The molecule has 0 unspecified atom stereocenters. The van der Waals surface area contributed by atoms with E-state index in [0.717, 1.165) is 0 Å². The van der Waals surface area contributed by atoms with Crippen molar-refractivity contribution in [3.8, 4) is 0 Å². The zero-order valence-electron chi connectivity index (χ0n) is 14.8. The molecule has 0 fully saturated rings. The maximum Gasteiger partial charge on any atom is 0.351 e. The molecule has 0 saturated carbocycles. The van der Waals surface area contributed by atoms with Crippen LogP contribution in [0.15, 0.2) is 63.8 Å². The van der Waals surface area contributed by atoms with Gasteiger partial charge in [0.2, 0.25) is 5.91 Å². The average molecular weight is 380 g/mol. The lowest BCUT2D eigenvalue weighted by Crippen LogP contribution is -2.31. The lowest BCUT2D eigenvalue weighted by atomic mass is 10.2. The number of nitrogens with two attached hydrogens (primary N) is 1. The molecule has 3 N–H and O–H groups in total. The van der Waals surface area contributed by atoms with Crippen LogP contribution in [0.25, 0.3) is 11.0 Å². The van der Waals surface area contributed by atoms with E-state index in [0.29, 0.717) is 22.2 Å². The minimum Gasteiger partial charge on any atom is -0.449 e. The summed E-state index contributed by atoms with van der Waals surface area (Å²) >= 11 is 0. The molecule has 8 nitrogen and oxygen atoms in total. The molecule has 1 aromatic heterocycles. The summed E-state index contributed by atoms with van der Waals surface area (Å²) in [7, 11) is 0. The molecule has 2 aromatic carbocycles. The number of benzene rings is 2. The van der Waals surface area contributed by atoms with E-state index >= 15 is 0 Å². The molecule has 1 heterocycles. The zero-order chi connectivity index (χ0) is 20.3. The first-order valence-corrected chi connectivity index (χ1v) is 8.30. The van der Waals surface area contributed by atoms with Crippen molar-refractivity contribution in [1.82, 2.24) is 0 Å². The first kappa shape index (κ1) is 18.8. The van der Waals surface area contributed by atoms with Gasteiger partial charge in [0.25, 0.3) is 5.91 Å². The average Bonchev–Trinajstić information content (AvgIpc) is 2.67. The number of amides is 2. The quantitative estimate of drug-likeness (QED) is 0.515. The summed E-state index contributed by atoms with van der Waals surface area (Å²) < 4.78 is 10.2. The van der Waals surface area contributed by atoms with Gasteiger partial charge < -0.3 is 20.2 Å². The Morgan fingerprint density at radius 1 is 1.07 bits per heavy atom. The minimum absolute atomic E-state index is 0.292. The summed E-state index contributed by atoms with van der Waals surface area (Å²) in [6.45, 7) is 1.37. The second-order valence-electron chi connectivity index (χ2n) is 5.96. The van der Waals surface area contributed by atoms with Gasteiger partial charge in [0.15, 0.2) is 6.10 Å². The predicted molar refractivity (Wildman–Crippen MR) is 101 cm³/mol. The maximum absolute atomic E-state index is 12.3. The number of hydrogen-bond acceptors (Lipinski definition) is 6. The zero-order valence-corrected chi connectivity index (χ0v) is 14.8. The van der Waals surface area contributed by atoms with Gasteiger partial charge in [-0.2, -0.15) is 0 Å². The van der Waals surface area contributed by atoms with Crippen molar-refractivity contribution in [3.63, 3.8) is 0 Å². The number of ether oxygens (including phenoxy) is 1. The first-order chi connectivity index (χ1) is 13.3. The summed E-state index contributed by atoms with van der Waals surface area (Å²) in [5, 5.41) is 3.10. The summed E-state index contributed by atoms with van der Waals surface area (Å²) in [5.41, 5.74) is 5.03. The number of carbonyl (C=O) groups is 3. The monoisotopic (exact) mass is 380 g/mol. The van der Waals surface area contributed by atoms with Crippen molar-refractivity contribution in [2.24, 2.45) is 5.73 Å². The van der Waals surface area contributed by atoms with Crippen molar-refractivity contribution in [1.29, 1.82) is 0 Å². The number of para-hydroxylation sites is 1. The number of carbonyl (C=O) groups excluding carboxylic acids is 3. The predicted octanol–water partition coefficient (Wildman–Crippen LogP) is 2.08. The highest BCUT2D eigenvalue weighted by Gasteiger charge is 2.22. The van der Waals surface area contributed by atoms with E-state index in [2.05, 4.69) is 5.32 Å². The number of rotatable bonds is 5. The molecule has 1 atom stereocenters. The highest BCUT2D eigenvalue weighted by molar-refractivity contribution is 5.99. The number of hydrogen-bond donors (Lipinski definition) is 2. The molecule has 0 spiro atoms. The van der Waals surface area contributed by atoms with Crippen LogP contribution in [0.1, 0.15) is 27.6 Å². The number of fused-ring (bicyclic) bond motifs is 1. The van der Waals surface area contributed by atoms with Crippen LogP contribution in [0.3, 0.4) is 0 Å². The van der Waals surface area contributed by atoms with Gasteiger partial charge in [-0.3, -0.25) is 9.59 Å². The largest absolute Gasteiger partial charge is 0.449 e. The third-order valence-corrected chi connectivity index (χ3v) is 3.95. The molecule has 0 radical (unpaired) electrons. The van der Waals surface area contributed by atoms with Gasteiger partial charge in [0, 0.05) is 16.6 Å². The van der Waals surface area contributed by atoms with Crippen LogP contribution in [0.2, 0.25) is 0 Å². The lowest BCUT2D eigenvalue weighted by molar-refractivity contribution is -0.123. The van der Waals surface area contributed by atoms with E-state index in [-0.39, 0.29) is 5.56 Å². The Morgan fingerprint density at radius 3 is 2.43 bits per heavy atom. The Morgan fingerprint density at radius 2 is 1.75 bits per heavy atom. The second-order valence-corrected chi connectivity index (χ2v) is 5.96. The van der Waals surface area contributed by atoms with Gasteiger partial charge in [-0.1, -0.05) is 18.2 Å². The van der Waals surface area contributed by atoms with E-state index in [1.54, 1.807) is 24.3 Å². The second kappa shape index (κ2) is 7.75. The van der Waals surface area contributed by atoms with Gasteiger partial charge in [0.1, 0.15) is 11.1 Å². The van der Waals surface area contributed by atoms with Crippen molar-refractivity contribution in [2.75, 3.05) is 5.32 Å². The van der Waals surface area contributed by atoms with Crippen LogP contribution in [-0.2, 0) is 9.53 Å². The number of esters is 1. The molecule has 0 aliphatic heterocycles. The number of anilines is 1. The van der Waals surface area contributed by atoms with E-state index in [9.17, 15) is 19.2 Å². The minimum atomic E-state index is -1.17. The molecule has 2 amide bonds. The molecule has 0 bridgehead atoms. The topological polar surface area (TPSA) is 129 Å². The third-order valence-electron chi connectivity index (χ3n) is 3.95. The van der Waals surface area contributed by atoms with Crippen molar-refractivity contribution >= 4 is 34.4 Å². The van der Waals surface area contributed by atoms with Gasteiger partial charge in [-0.15, -0.1) is 0 Å². The van der Waals surface area contributed by atoms with Gasteiger partial charge in [-0.25, -0.2) is 9.59 Å². The number of primary amides is 1. The lowest BCUT2D eigenvalue weighted by Gasteiger charge is -2.13. The van der Waals surface area contributed by atoms with E-state index in [1.165, 1.54) is 37.3 Å². The number of nitrogens with one attached hydrogen (secondary N) is 1. The molecule has 8 heteroatoms. The van der Waals surface area contributed by atoms with Gasteiger partial charge >= 0.3 is 11.6 Å². The molecular weight excluding hydrogens is 364 g/mol. The highest BCUT2D eigenvalue weighted by atomic mass is 16.5. The molecule has 0 aliphatic carbocycles. The Balaban J connectivity index is 1.69. The molecule has 0 saturated heterocycles. The Bertz CT molecular complexity index is 1120. The molecule has 142 valence electrons. The molecule has 3 rings (SSSR count). The fourth-order valence-electron chi connectivity index (χ4n) is 2.44. The van der Waals surface area contributed by atoms with Crippen LogP contribution in [-0.4, -0.2) is 23.9 Å². The molecular formula is C20H16N2O6. The van der Waals surface area contributed by atoms with Gasteiger partial charge in [-0.05, 0) is 43.3 Å². The highest BCUT2D eigenvalue weighted by Crippen LogP contribution is 2.14.